The molecule has 1 fully saturated rings. The van der Waals surface area contributed by atoms with Crippen molar-refractivity contribution >= 4 is 5.91 Å². The van der Waals surface area contributed by atoms with Crippen LogP contribution in [-0.4, -0.2) is 30.1 Å². The van der Waals surface area contributed by atoms with Crippen LogP contribution in [0.2, 0.25) is 0 Å². The molecule has 0 aromatic heterocycles. The van der Waals surface area contributed by atoms with Gasteiger partial charge in [0, 0.05) is 29.1 Å². The number of carbonyl (C=O) groups is 1. The fourth-order valence-corrected chi connectivity index (χ4v) is 3.68. The van der Waals surface area contributed by atoms with Crippen molar-refractivity contribution in [1.82, 2.24) is 10.6 Å². The second-order valence-corrected chi connectivity index (χ2v) is 7.50. The molecule has 2 N–H and O–H groups in total. The Kier molecular flexibility index (Phi) is 4.47. The van der Waals surface area contributed by atoms with Crippen LogP contribution in [0, 0.1) is 0 Å². The van der Waals surface area contributed by atoms with E-state index in [0.717, 1.165) is 37.0 Å². The molecular formula is C17H28N2O2. The van der Waals surface area contributed by atoms with Crippen LogP contribution < -0.4 is 10.6 Å². The summed E-state index contributed by atoms with van der Waals surface area (Å²) < 4.78 is 5.20. The number of piperidine rings is 1. The Morgan fingerprint density at radius 1 is 1.19 bits per heavy atom. The molecule has 0 atom stereocenters. The molecule has 1 aliphatic carbocycles. The third kappa shape index (κ3) is 4.34. The standard InChI is InChI=1S/C17H28N2O2/c1-16(2)10-13(11-17(3,4)19-16)18-15(20)12-6-8-14(21-5)9-7-12/h6,8,13,19H,7,9-11H2,1-5H3,(H,18,20). The number of nitrogens with one attached hydrogen (secondary N) is 2. The van der Waals surface area contributed by atoms with E-state index in [9.17, 15) is 4.79 Å². The third-order valence-corrected chi connectivity index (χ3v) is 4.19. The number of amides is 1. The second kappa shape index (κ2) is 5.84. The molecule has 118 valence electrons. The number of allylic oxidation sites excluding steroid dienone is 3. The number of hydrogen-bond donors (Lipinski definition) is 2. The molecule has 21 heavy (non-hydrogen) atoms. The minimum Gasteiger partial charge on any atom is -0.501 e. The lowest BCUT2D eigenvalue weighted by Gasteiger charge is -2.46. The highest BCUT2D eigenvalue weighted by atomic mass is 16.5. The normalized spacial score (nSPS) is 24.8. The predicted octanol–water partition coefficient (Wildman–Crippen LogP) is 2.66. The van der Waals surface area contributed by atoms with Crippen LogP contribution in [0.3, 0.4) is 0 Å². The summed E-state index contributed by atoms with van der Waals surface area (Å²) in [7, 11) is 1.67. The van der Waals surface area contributed by atoms with Crippen LogP contribution in [-0.2, 0) is 9.53 Å². The van der Waals surface area contributed by atoms with Gasteiger partial charge in [-0.05, 0) is 53.0 Å². The van der Waals surface area contributed by atoms with E-state index in [1.807, 2.05) is 12.2 Å². The summed E-state index contributed by atoms with van der Waals surface area (Å²) in [5, 5.41) is 6.85. The topological polar surface area (TPSA) is 50.4 Å². The molecule has 0 spiro atoms. The van der Waals surface area contributed by atoms with Gasteiger partial charge < -0.3 is 15.4 Å². The van der Waals surface area contributed by atoms with E-state index < -0.39 is 0 Å². The van der Waals surface area contributed by atoms with Crippen LogP contribution >= 0.6 is 0 Å². The summed E-state index contributed by atoms with van der Waals surface area (Å²) in [6.45, 7) is 8.78. The van der Waals surface area contributed by atoms with Crippen molar-refractivity contribution in [1.29, 1.82) is 0 Å². The Bertz CT molecular complexity index is 459. The number of carbonyl (C=O) groups excluding carboxylic acids is 1. The van der Waals surface area contributed by atoms with E-state index >= 15 is 0 Å². The van der Waals surface area contributed by atoms with Crippen molar-refractivity contribution < 1.29 is 9.53 Å². The van der Waals surface area contributed by atoms with Gasteiger partial charge >= 0.3 is 0 Å². The smallest absolute Gasteiger partial charge is 0.247 e. The maximum Gasteiger partial charge on any atom is 0.247 e. The molecule has 1 aliphatic heterocycles. The Hall–Kier alpha value is -1.29. The Morgan fingerprint density at radius 3 is 2.29 bits per heavy atom. The van der Waals surface area contributed by atoms with Crippen molar-refractivity contribution in [3.05, 3.63) is 23.5 Å². The zero-order valence-electron chi connectivity index (χ0n) is 13.9. The van der Waals surface area contributed by atoms with E-state index in [-0.39, 0.29) is 23.0 Å². The van der Waals surface area contributed by atoms with Gasteiger partial charge in [0.25, 0.3) is 0 Å². The van der Waals surface area contributed by atoms with Crippen LogP contribution in [0.5, 0.6) is 0 Å². The van der Waals surface area contributed by atoms with E-state index in [2.05, 4.69) is 38.3 Å². The number of hydrogen-bond acceptors (Lipinski definition) is 3. The van der Waals surface area contributed by atoms with Crippen molar-refractivity contribution in [3.63, 3.8) is 0 Å². The summed E-state index contributed by atoms with van der Waals surface area (Å²) in [4.78, 5) is 12.4. The van der Waals surface area contributed by atoms with Crippen LogP contribution in [0.15, 0.2) is 23.5 Å². The first-order chi connectivity index (χ1) is 9.71. The molecular weight excluding hydrogens is 264 g/mol. The van der Waals surface area contributed by atoms with Gasteiger partial charge in [0.1, 0.15) is 0 Å². The molecule has 0 saturated carbocycles. The number of rotatable bonds is 3. The Morgan fingerprint density at radius 2 is 1.81 bits per heavy atom. The first-order valence-electron chi connectivity index (χ1n) is 7.75. The molecule has 0 aromatic carbocycles. The molecule has 4 heteroatoms. The van der Waals surface area contributed by atoms with Crippen molar-refractivity contribution in [2.75, 3.05) is 7.11 Å². The number of ether oxygens (including phenoxy) is 1. The minimum absolute atomic E-state index is 0.0454. The van der Waals surface area contributed by atoms with Gasteiger partial charge in [0.2, 0.25) is 5.91 Å². The lowest BCUT2D eigenvalue weighted by molar-refractivity contribution is -0.118. The molecule has 2 rings (SSSR count). The molecule has 4 nitrogen and oxygen atoms in total. The zero-order valence-corrected chi connectivity index (χ0v) is 13.9. The maximum atomic E-state index is 12.4. The van der Waals surface area contributed by atoms with Crippen molar-refractivity contribution in [3.8, 4) is 0 Å². The summed E-state index contributed by atoms with van der Waals surface area (Å²) in [6.07, 6.45) is 7.25. The van der Waals surface area contributed by atoms with E-state index in [0.29, 0.717) is 0 Å². The van der Waals surface area contributed by atoms with E-state index in [1.54, 1.807) is 7.11 Å². The summed E-state index contributed by atoms with van der Waals surface area (Å²) >= 11 is 0. The van der Waals surface area contributed by atoms with Gasteiger partial charge in [0.05, 0.1) is 12.9 Å². The monoisotopic (exact) mass is 292 g/mol. The highest BCUT2D eigenvalue weighted by Crippen LogP contribution is 2.29. The molecule has 1 heterocycles. The fraction of sp³-hybridized carbons (Fsp3) is 0.706. The summed E-state index contributed by atoms with van der Waals surface area (Å²) in [5.74, 6) is 1.01. The van der Waals surface area contributed by atoms with Gasteiger partial charge in [-0.3, -0.25) is 4.79 Å². The minimum atomic E-state index is 0.0454. The Labute approximate surface area is 128 Å². The van der Waals surface area contributed by atoms with Gasteiger partial charge in [0.15, 0.2) is 0 Å². The first kappa shape index (κ1) is 16.1. The van der Waals surface area contributed by atoms with Crippen LogP contribution in [0.1, 0.15) is 53.4 Å². The molecule has 0 unspecified atom stereocenters. The van der Waals surface area contributed by atoms with Crippen molar-refractivity contribution in [2.45, 2.75) is 70.5 Å². The van der Waals surface area contributed by atoms with Crippen LogP contribution in [0.25, 0.3) is 0 Å². The predicted molar refractivity (Wildman–Crippen MR) is 84.9 cm³/mol. The second-order valence-electron chi connectivity index (χ2n) is 7.50. The highest BCUT2D eigenvalue weighted by molar-refractivity contribution is 5.94. The lowest BCUT2D eigenvalue weighted by Crippen LogP contribution is -2.62. The quantitative estimate of drug-likeness (QED) is 0.841. The zero-order chi connectivity index (χ0) is 15.7. The molecule has 0 radical (unpaired) electrons. The van der Waals surface area contributed by atoms with Gasteiger partial charge in [-0.1, -0.05) is 6.08 Å². The molecule has 0 aromatic rings. The Balaban J connectivity index is 2.00. The van der Waals surface area contributed by atoms with Gasteiger partial charge in [-0.15, -0.1) is 0 Å². The third-order valence-electron chi connectivity index (χ3n) is 4.19. The highest BCUT2D eigenvalue weighted by Gasteiger charge is 2.38. The molecule has 1 amide bonds. The molecule has 2 aliphatic rings. The SMILES string of the molecule is COC1=CC=C(C(=O)NC2CC(C)(C)NC(C)(C)C2)CC1. The summed E-state index contributed by atoms with van der Waals surface area (Å²) in [6, 6.07) is 0.220. The molecule has 0 bridgehead atoms. The lowest BCUT2D eigenvalue weighted by atomic mass is 9.79. The van der Waals surface area contributed by atoms with E-state index in [4.69, 9.17) is 4.74 Å². The van der Waals surface area contributed by atoms with Gasteiger partial charge in [-0.2, -0.15) is 0 Å². The molecule has 1 saturated heterocycles. The average Bonchev–Trinajstić information content (AvgIpc) is 2.35. The fourth-order valence-electron chi connectivity index (χ4n) is 3.68. The average molecular weight is 292 g/mol. The van der Waals surface area contributed by atoms with Crippen LogP contribution in [0.4, 0.5) is 0 Å². The van der Waals surface area contributed by atoms with Crippen molar-refractivity contribution in [2.24, 2.45) is 0 Å². The summed E-state index contributed by atoms with van der Waals surface area (Å²) in [5.41, 5.74) is 0.943. The largest absolute Gasteiger partial charge is 0.501 e. The first-order valence-corrected chi connectivity index (χ1v) is 7.75. The number of methoxy groups -OCH3 is 1. The van der Waals surface area contributed by atoms with E-state index in [1.165, 1.54) is 0 Å². The van der Waals surface area contributed by atoms with Gasteiger partial charge in [-0.25, -0.2) is 0 Å². The maximum absolute atomic E-state index is 12.4.